The highest BCUT2D eigenvalue weighted by Crippen LogP contribution is 2.23. The summed E-state index contributed by atoms with van der Waals surface area (Å²) < 4.78 is 5.36. The standard InChI is InChI=1S/C17H17N5O2/c1-24-15-5-3-2-4-12(15)6-9-19-14-10-18-8-7-13(14)16-20-11-21-17(23)22-16/h2-5,7-8,10-11,19H,6,9H2,1H3,(H,20,21,22,23). The van der Waals surface area contributed by atoms with Gasteiger partial charge in [-0.05, 0) is 24.1 Å². The minimum atomic E-state index is -0.434. The summed E-state index contributed by atoms with van der Waals surface area (Å²) in [6.07, 6.45) is 5.39. The second-order valence-electron chi connectivity index (χ2n) is 5.06. The van der Waals surface area contributed by atoms with Crippen molar-refractivity contribution in [3.05, 3.63) is 65.1 Å². The third-order valence-electron chi connectivity index (χ3n) is 3.57. The van der Waals surface area contributed by atoms with Crippen LogP contribution in [0.4, 0.5) is 5.69 Å². The first-order valence-electron chi connectivity index (χ1n) is 7.49. The van der Waals surface area contributed by atoms with Crippen molar-refractivity contribution in [2.24, 2.45) is 0 Å². The van der Waals surface area contributed by atoms with E-state index in [9.17, 15) is 4.79 Å². The molecule has 0 unspecified atom stereocenters. The third kappa shape index (κ3) is 3.57. The van der Waals surface area contributed by atoms with E-state index in [0.29, 0.717) is 12.4 Å². The van der Waals surface area contributed by atoms with Crippen LogP contribution in [0.1, 0.15) is 5.56 Å². The molecule has 0 atom stereocenters. The predicted octanol–water partition coefficient (Wildman–Crippen LogP) is 1.89. The zero-order valence-corrected chi connectivity index (χ0v) is 13.2. The predicted molar refractivity (Wildman–Crippen MR) is 91.1 cm³/mol. The maximum absolute atomic E-state index is 11.4. The zero-order chi connectivity index (χ0) is 16.8. The Morgan fingerprint density at radius 3 is 2.92 bits per heavy atom. The van der Waals surface area contributed by atoms with E-state index in [1.807, 2.05) is 24.3 Å². The molecule has 2 heterocycles. The SMILES string of the molecule is COc1ccccc1CCNc1cnccc1-c1ncnc(=O)[nH]1. The van der Waals surface area contributed by atoms with Crippen LogP contribution < -0.4 is 15.7 Å². The monoisotopic (exact) mass is 323 g/mol. The number of nitrogens with zero attached hydrogens (tertiary/aromatic N) is 3. The Labute approximate surface area is 138 Å². The molecule has 0 spiro atoms. The molecule has 0 aliphatic carbocycles. The molecule has 7 heteroatoms. The number of pyridine rings is 1. The topological polar surface area (TPSA) is 92.8 Å². The second-order valence-corrected chi connectivity index (χ2v) is 5.06. The molecule has 0 bridgehead atoms. The van der Waals surface area contributed by atoms with Crippen molar-refractivity contribution in [3.8, 4) is 17.1 Å². The largest absolute Gasteiger partial charge is 0.496 e. The Bertz CT molecular complexity index is 878. The molecule has 0 aliphatic rings. The van der Waals surface area contributed by atoms with Crippen LogP contribution in [0.2, 0.25) is 0 Å². The van der Waals surface area contributed by atoms with Crippen molar-refractivity contribution in [3.63, 3.8) is 0 Å². The quantitative estimate of drug-likeness (QED) is 0.719. The van der Waals surface area contributed by atoms with Gasteiger partial charge in [0.2, 0.25) is 0 Å². The summed E-state index contributed by atoms with van der Waals surface area (Å²) in [6.45, 7) is 0.689. The van der Waals surface area contributed by atoms with E-state index in [4.69, 9.17) is 4.74 Å². The van der Waals surface area contributed by atoms with Gasteiger partial charge < -0.3 is 10.1 Å². The van der Waals surface area contributed by atoms with Crippen molar-refractivity contribution < 1.29 is 4.74 Å². The number of nitrogens with one attached hydrogen (secondary N) is 2. The van der Waals surface area contributed by atoms with E-state index in [-0.39, 0.29) is 0 Å². The minimum Gasteiger partial charge on any atom is -0.496 e. The lowest BCUT2D eigenvalue weighted by atomic mass is 10.1. The van der Waals surface area contributed by atoms with Gasteiger partial charge in [-0.2, -0.15) is 4.98 Å². The van der Waals surface area contributed by atoms with E-state index in [2.05, 4.69) is 25.3 Å². The number of hydrogen-bond acceptors (Lipinski definition) is 6. The van der Waals surface area contributed by atoms with Crippen LogP contribution in [0.15, 0.2) is 53.8 Å². The van der Waals surface area contributed by atoms with E-state index < -0.39 is 5.69 Å². The smallest absolute Gasteiger partial charge is 0.348 e. The molecule has 0 fully saturated rings. The molecular formula is C17H17N5O2. The van der Waals surface area contributed by atoms with Crippen LogP contribution in [0, 0.1) is 0 Å². The van der Waals surface area contributed by atoms with Gasteiger partial charge in [0.15, 0.2) is 0 Å². The molecule has 0 aliphatic heterocycles. The Kier molecular flexibility index (Phi) is 4.81. The molecule has 0 amide bonds. The van der Waals surface area contributed by atoms with Gasteiger partial charge in [0.05, 0.1) is 19.0 Å². The number of benzene rings is 1. The first kappa shape index (κ1) is 15.7. The van der Waals surface area contributed by atoms with Crippen LogP contribution >= 0.6 is 0 Å². The maximum Gasteiger partial charge on any atom is 0.348 e. The number of rotatable bonds is 6. The molecule has 3 rings (SSSR count). The molecular weight excluding hydrogens is 306 g/mol. The van der Waals surface area contributed by atoms with Gasteiger partial charge in [0, 0.05) is 18.3 Å². The Morgan fingerprint density at radius 2 is 2.08 bits per heavy atom. The minimum absolute atomic E-state index is 0.434. The third-order valence-corrected chi connectivity index (χ3v) is 3.57. The number of hydrogen-bond donors (Lipinski definition) is 2. The van der Waals surface area contributed by atoms with Crippen molar-refractivity contribution in [1.29, 1.82) is 0 Å². The van der Waals surface area contributed by atoms with Gasteiger partial charge in [-0.1, -0.05) is 18.2 Å². The van der Waals surface area contributed by atoms with Gasteiger partial charge in [-0.25, -0.2) is 9.78 Å². The average molecular weight is 323 g/mol. The zero-order valence-electron chi connectivity index (χ0n) is 13.2. The molecule has 3 aromatic rings. The van der Waals surface area contributed by atoms with Crippen LogP contribution in [0.5, 0.6) is 5.75 Å². The number of aromatic nitrogens is 4. The first-order chi connectivity index (χ1) is 11.8. The Hall–Kier alpha value is -3.22. The summed E-state index contributed by atoms with van der Waals surface area (Å²) in [7, 11) is 1.66. The summed E-state index contributed by atoms with van der Waals surface area (Å²) in [5.74, 6) is 1.32. The van der Waals surface area contributed by atoms with E-state index >= 15 is 0 Å². The number of anilines is 1. The van der Waals surface area contributed by atoms with Gasteiger partial charge in [-0.3, -0.25) is 9.97 Å². The fraction of sp³-hybridized carbons (Fsp3) is 0.176. The van der Waals surface area contributed by atoms with Crippen LogP contribution in [-0.4, -0.2) is 33.6 Å². The van der Waals surface area contributed by atoms with Gasteiger partial charge >= 0.3 is 5.69 Å². The van der Waals surface area contributed by atoms with E-state index in [1.54, 1.807) is 25.6 Å². The van der Waals surface area contributed by atoms with Crippen molar-refractivity contribution in [2.45, 2.75) is 6.42 Å². The molecule has 0 saturated carbocycles. The first-order valence-corrected chi connectivity index (χ1v) is 7.49. The van der Waals surface area contributed by atoms with Gasteiger partial charge in [-0.15, -0.1) is 0 Å². The summed E-state index contributed by atoms with van der Waals surface area (Å²) in [6, 6.07) is 9.70. The summed E-state index contributed by atoms with van der Waals surface area (Å²) in [5.41, 5.74) is 2.25. The summed E-state index contributed by atoms with van der Waals surface area (Å²) >= 11 is 0. The van der Waals surface area contributed by atoms with Crippen LogP contribution in [0.25, 0.3) is 11.4 Å². The number of H-pyrrole nitrogens is 1. The summed E-state index contributed by atoms with van der Waals surface area (Å²) in [4.78, 5) is 25.8. The molecule has 1 aromatic carbocycles. The number of ether oxygens (including phenoxy) is 1. The lowest BCUT2D eigenvalue weighted by molar-refractivity contribution is 0.410. The van der Waals surface area contributed by atoms with Gasteiger partial charge in [0.1, 0.15) is 17.9 Å². The Morgan fingerprint density at radius 1 is 1.21 bits per heavy atom. The molecule has 24 heavy (non-hydrogen) atoms. The van der Waals surface area contributed by atoms with E-state index in [1.165, 1.54) is 6.33 Å². The highest BCUT2D eigenvalue weighted by molar-refractivity contribution is 5.72. The summed E-state index contributed by atoms with van der Waals surface area (Å²) in [5, 5.41) is 3.33. The highest BCUT2D eigenvalue weighted by Gasteiger charge is 2.08. The second kappa shape index (κ2) is 7.36. The number of methoxy groups -OCH3 is 1. The Balaban J connectivity index is 1.75. The normalized spacial score (nSPS) is 10.4. The number of aromatic amines is 1. The number of para-hydroxylation sites is 1. The van der Waals surface area contributed by atoms with Gasteiger partial charge in [0.25, 0.3) is 0 Å². The molecule has 0 radical (unpaired) electrons. The fourth-order valence-electron chi connectivity index (χ4n) is 2.42. The van der Waals surface area contributed by atoms with Crippen LogP contribution in [-0.2, 0) is 6.42 Å². The van der Waals surface area contributed by atoms with E-state index in [0.717, 1.165) is 29.0 Å². The lowest BCUT2D eigenvalue weighted by Crippen LogP contribution is -2.13. The lowest BCUT2D eigenvalue weighted by Gasteiger charge is -2.12. The highest BCUT2D eigenvalue weighted by atomic mass is 16.5. The molecule has 2 N–H and O–H groups in total. The fourth-order valence-corrected chi connectivity index (χ4v) is 2.42. The average Bonchev–Trinajstić information content (AvgIpc) is 2.62. The molecule has 0 saturated heterocycles. The van der Waals surface area contributed by atoms with Crippen molar-refractivity contribution in [2.75, 3.05) is 19.0 Å². The maximum atomic E-state index is 11.4. The van der Waals surface area contributed by atoms with Crippen molar-refractivity contribution >= 4 is 5.69 Å². The molecule has 122 valence electrons. The molecule has 2 aromatic heterocycles. The van der Waals surface area contributed by atoms with Crippen LogP contribution in [0.3, 0.4) is 0 Å². The molecule has 7 nitrogen and oxygen atoms in total. The van der Waals surface area contributed by atoms with Crippen molar-refractivity contribution in [1.82, 2.24) is 19.9 Å².